The normalized spacial score (nSPS) is 10.7. The average Bonchev–Trinajstić information content (AvgIpc) is 2.88. The van der Waals surface area contributed by atoms with E-state index in [1.807, 2.05) is 31.2 Å². The van der Waals surface area contributed by atoms with Crippen molar-refractivity contribution in [3.05, 3.63) is 45.5 Å². The second-order valence-corrected chi connectivity index (χ2v) is 5.31. The molecule has 5 heteroatoms. The smallest absolute Gasteiger partial charge is 0.308 e. The van der Waals surface area contributed by atoms with Gasteiger partial charge in [-0.3, -0.25) is 4.79 Å². The Morgan fingerprint density at radius 1 is 1.28 bits per heavy atom. The molecule has 0 amide bonds. The molecule has 0 aliphatic heterocycles. The number of aryl methyl sites for hydroxylation is 1. The third-order valence-electron chi connectivity index (χ3n) is 2.44. The van der Waals surface area contributed by atoms with Crippen molar-refractivity contribution in [1.82, 2.24) is 5.32 Å². The van der Waals surface area contributed by atoms with Crippen LogP contribution in [-0.4, -0.2) is 11.1 Å². The minimum Gasteiger partial charge on any atom is -0.481 e. The van der Waals surface area contributed by atoms with Crippen molar-refractivity contribution in [3.63, 3.8) is 0 Å². The number of rotatable bonds is 6. The lowest BCUT2D eigenvalue weighted by molar-refractivity contribution is -0.136. The molecule has 0 unspecified atom stereocenters. The molecule has 0 fully saturated rings. The number of hydrogen-bond acceptors (Lipinski definition) is 4. The quantitative estimate of drug-likeness (QED) is 0.842. The van der Waals surface area contributed by atoms with Crippen molar-refractivity contribution in [2.75, 3.05) is 0 Å². The highest BCUT2D eigenvalue weighted by Crippen LogP contribution is 2.17. The molecule has 2 heterocycles. The first-order valence-corrected chi connectivity index (χ1v) is 6.50. The Morgan fingerprint density at radius 2 is 2.06 bits per heavy atom. The summed E-state index contributed by atoms with van der Waals surface area (Å²) in [6.07, 6.45) is 0.0993. The van der Waals surface area contributed by atoms with Crippen LogP contribution in [0.15, 0.2) is 28.7 Å². The SMILES string of the molecule is Cc1ccc(CNCc2ccc(CC(=O)O)s2)o1. The van der Waals surface area contributed by atoms with E-state index in [2.05, 4.69) is 5.32 Å². The summed E-state index contributed by atoms with van der Waals surface area (Å²) in [7, 11) is 0. The number of carbonyl (C=O) groups is 1. The van der Waals surface area contributed by atoms with Gasteiger partial charge < -0.3 is 14.8 Å². The topological polar surface area (TPSA) is 62.5 Å². The molecule has 0 aliphatic rings. The van der Waals surface area contributed by atoms with E-state index in [1.165, 1.54) is 11.3 Å². The number of thiophene rings is 1. The Balaban J connectivity index is 1.79. The lowest BCUT2D eigenvalue weighted by Gasteiger charge is -1.99. The van der Waals surface area contributed by atoms with Crippen molar-refractivity contribution in [1.29, 1.82) is 0 Å². The van der Waals surface area contributed by atoms with Crippen molar-refractivity contribution in [3.8, 4) is 0 Å². The van der Waals surface area contributed by atoms with Gasteiger partial charge in [0.05, 0.1) is 13.0 Å². The van der Waals surface area contributed by atoms with Gasteiger partial charge in [-0.15, -0.1) is 11.3 Å². The van der Waals surface area contributed by atoms with Crippen LogP contribution in [0.25, 0.3) is 0 Å². The molecule has 2 rings (SSSR count). The summed E-state index contributed by atoms with van der Waals surface area (Å²) < 4.78 is 5.44. The highest BCUT2D eigenvalue weighted by molar-refractivity contribution is 7.12. The van der Waals surface area contributed by atoms with Gasteiger partial charge in [0.25, 0.3) is 0 Å². The van der Waals surface area contributed by atoms with Gasteiger partial charge in [0.2, 0.25) is 0 Å². The molecule has 18 heavy (non-hydrogen) atoms. The van der Waals surface area contributed by atoms with Crippen LogP contribution in [0.2, 0.25) is 0 Å². The number of carboxylic acids is 1. The first-order valence-electron chi connectivity index (χ1n) is 5.69. The third-order valence-corrected chi connectivity index (χ3v) is 3.52. The maximum absolute atomic E-state index is 10.6. The monoisotopic (exact) mass is 265 g/mol. The van der Waals surface area contributed by atoms with Crippen LogP contribution in [0.4, 0.5) is 0 Å². The Hall–Kier alpha value is -1.59. The van der Waals surface area contributed by atoms with Gasteiger partial charge in [-0.2, -0.15) is 0 Å². The van der Waals surface area contributed by atoms with E-state index in [0.717, 1.165) is 27.8 Å². The maximum Gasteiger partial charge on any atom is 0.308 e. The molecule has 0 atom stereocenters. The summed E-state index contributed by atoms with van der Waals surface area (Å²) in [5.74, 6) is 1.03. The molecule has 0 aromatic carbocycles. The molecule has 2 N–H and O–H groups in total. The standard InChI is InChI=1S/C13H15NO3S/c1-9-2-3-10(17-9)7-14-8-12-5-4-11(18-12)6-13(15)16/h2-5,14H,6-8H2,1H3,(H,15,16). The highest BCUT2D eigenvalue weighted by atomic mass is 32.1. The first kappa shape index (κ1) is 12.9. The van der Waals surface area contributed by atoms with Crippen LogP contribution in [0, 0.1) is 6.92 Å². The Labute approximate surface area is 109 Å². The second kappa shape index (κ2) is 5.84. The van der Waals surface area contributed by atoms with E-state index in [1.54, 1.807) is 0 Å². The fourth-order valence-electron chi connectivity index (χ4n) is 1.65. The molecule has 96 valence electrons. The van der Waals surface area contributed by atoms with Gasteiger partial charge in [-0.25, -0.2) is 0 Å². The number of aliphatic carboxylic acids is 1. The van der Waals surface area contributed by atoms with Gasteiger partial charge in [0.15, 0.2) is 0 Å². The van der Waals surface area contributed by atoms with Gasteiger partial charge in [-0.1, -0.05) is 0 Å². The average molecular weight is 265 g/mol. The molecular formula is C13H15NO3S. The number of nitrogens with one attached hydrogen (secondary N) is 1. The molecule has 0 aliphatic carbocycles. The van der Waals surface area contributed by atoms with Gasteiger partial charge in [0.1, 0.15) is 11.5 Å². The van der Waals surface area contributed by atoms with E-state index in [0.29, 0.717) is 6.54 Å². The van der Waals surface area contributed by atoms with Crippen LogP contribution in [0.5, 0.6) is 0 Å². The molecule has 0 saturated carbocycles. The molecule has 2 aromatic heterocycles. The molecular weight excluding hydrogens is 250 g/mol. The zero-order valence-corrected chi connectivity index (χ0v) is 10.9. The van der Waals surface area contributed by atoms with Crippen LogP contribution in [0.1, 0.15) is 21.3 Å². The summed E-state index contributed by atoms with van der Waals surface area (Å²) in [4.78, 5) is 12.6. The number of furan rings is 1. The van der Waals surface area contributed by atoms with Crippen LogP contribution in [0.3, 0.4) is 0 Å². The molecule has 0 radical (unpaired) electrons. The Kier molecular flexibility index (Phi) is 4.17. The minimum atomic E-state index is -0.789. The lowest BCUT2D eigenvalue weighted by Crippen LogP contribution is -2.10. The Morgan fingerprint density at radius 3 is 2.72 bits per heavy atom. The van der Waals surface area contributed by atoms with Crippen LogP contribution < -0.4 is 5.32 Å². The summed E-state index contributed by atoms with van der Waals surface area (Å²) in [6.45, 7) is 3.32. The predicted molar refractivity (Wildman–Crippen MR) is 69.6 cm³/mol. The van der Waals surface area contributed by atoms with E-state index >= 15 is 0 Å². The highest BCUT2D eigenvalue weighted by Gasteiger charge is 2.05. The van der Waals surface area contributed by atoms with E-state index in [4.69, 9.17) is 9.52 Å². The predicted octanol–water partition coefficient (Wildman–Crippen LogP) is 2.57. The zero-order chi connectivity index (χ0) is 13.0. The minimum absolute atomic E-state index is 0.0993. The summed E-state index contributed by atoms with van der Waals surface area (Å²) in [5.41, 5.74) is 0. The summed E-state index contributed by atoms with van der Waals surface area (Å²) in [6, 6.07) is 7.72. The number of carboxylic acid groups (broad SMARTS) is 1. The summed E-state index contributed by atoms with van der Waals surface area (Å²) in [5, 5.41) is 11.9. The second-order valence-electron chi connectivity index (χ2n) is 4.05. The largest absolute Gasteiger partial charge is 0.481 e. The molecule has 0 saturated heterocycles. The van der Waals surface area contributed by atoms with Crippen LogP contribution >= 0.6 is 11.3 Å². The maximum atomic E-state index is 10.6. The van der Waals surface area contributed by atoms with E-state index < -0.39 is 5.97 Å². The summed E-state index contributed by atoms with van der Waals surface area (Å²) >= 11 is 1.53. The van der Waals surface area contributed by atoms with E-state index in [-0.39, 0.29) is 6.42 Å². The fraction of sp³-hybridized carbons (Fsp3) is 0.308. The van der Waals surface area contributed by atoms with Crippen molar-refractivity contribution >= 4 is 17.3 Å². The van der Waals surface area contributed by atoms with Crippen molar-refractivity contribution in [2.24, 2.45) is 0 Å². The zero-order valence-electron chi connectivity index (χ0n) is 10.1. The fourth-order valence-corrected chi connectivity index (χ4v) is 2.63. The molecule has 0 bridgehead atoms. The van der Waals surface area contributed by atoms with Crippen LogP contribution in [-0.2, 0) is 24.3 Å². The van der Waals surface area contributed by atoms with Gasteiger partial charge in [0, 0.05) is 16.3 Å². The van der Waals surface area contributed by atoms with Crippen molar-refractivity contribution < 1.29 is 14.3 Å². The first-order chi connectivity index (χ1) is 8.63. The number of hydrogen-bond donors (Lipinski definition) is 2. The van der Waals surface area contributed by atoms with Gasteiger partial charge >= 0.3 is 5.97 Å². The lowest BCUT2D eigenvalue weighted by atomic mass is 10.3. The molecule has 4 nitrogen and oxygen atoms in total. The van der Waals surface area contributed by atoms with Crippen molar-refractivity contribution in [2.45, 2.75) is 26.4 Å². The van der Waals surface area contributed by atoms with E-state index in [9.17, 15) is 4.79 Å². The Bertz CT molecular complexity index is 530. The van der Waals surface area contributed by atoms with Gasteiger partial charge in [-0.05, 0) is 31.2 Å². The molecule has 0 spiro atoms. The molecule has 2 aromatic rings. The third kappa shape index (κ3) is 3.72.